The molecule has 4 nitrogen and oxygen atoms in total. The molecule has 94 valence electrons. The molecule has 1 aliphatic heterocycles. The molecule has 0 aliphatic carbocycles. The predicted octanol–water partition coefficient (Wildman–Crippen LogP) is 1.05. The third kappa shape index (κ3) is 3.76. The molecule has 1 aliphatic rings. The maximum absolute atomic E-state index is 11.9. The number of rotatable bonds is 6. The number of hydrogen-bond donors (Lipinski definition) is 2. The van der Waals surface area contributed by atoms with Crippen molar-refractivity contribution in [2.75, 3.05) is 13.2 Å². The lowest BCUT2D eigenvalue weighted by Crippen LogP contribution is -2.46. The standard InChI is InChI=1S/C12H24N2O2/c1-3-4-5-10(8-13)14-12(15)11-9(2)6-7-16-11/h9-11H,3-8,13H2,1-2H3,(H,14,15). The van der Waals surface area contributed by atoms with Gasteiger partial charge in [-0.1, -0.05) is 26.7 Å². The SMILES string of the molecule is CCCCC(CN)NC(=O)C1OCCC1C. The molecule has 3 unspecified atom stereocenters. The Balaban J connectivity index is 2.35. The minimum absolute atomic E-state index is 0.0107. The van der Waals surface area contributed by atoms with Crippen molar-refractivity contribution in [2.45, 2.75) is 51.7 Å². The molecule has 0 radical (unpaired) electrons. The summed E-state index contributed by atoms with van der Waals surface area (Å²) >= 11 is 0. The molecule has 0 bridgehead atoms. The van der Waals surface area contributed by atoms with Gasteiger partial charge in [0, 0.05) is 19.2 Å². The van der Waals surface area contributed by atoms with E-state index in [2.05, 4.69) is 19.2 Å². The van der Waals surface area contributed by atoms with E-state index in [1.54, 1.807) is 0 Å². The van der Waals surface area contributed by atoms with Gasteiger partial charge in [-0.3, -0.25) is 4.79 Å². The Kier molecular flexibility index (Phi) is 5.77. The highest BCUT2D eigenvalue weighted by Crippen LogP contribution is 2.20. The molecule has 1 fully saturated rings. The fourth-order valence-electron chi connectivity index (χ4n) is 2.01. The first-order valence-electron chi connectivity index (χ1n) is 6.31. The van der Waals surface area contributed by atoms with Gasteiger partial charge in [0.2, 0.25) is 5.91 Å². The van der Waals surface area contributed by atoms with Crippen molar-refractivity contribution in [3.05, 3.63) is 0 Å². The normalized spacial score (nSPS) is 26.7. The van der Waals surface area contributed by atoms with Crippen LogP contribution >= 0.6 is 0 Å². The van der Waals surface area contributed by atoms with Gasteiger partial charge in [0.25, 0.3) is 0 Å². The van der Waals surface area contributed by atoms with Crippen molar-refractivity contribution in [1.82, 2.24) is 5.32 Å². The number of nitrogens with two attached hydrogens (primary N) is 1. The number of amides is 1. The number of carbonyl (C=O) groups excluding carboxylic acids is 1. The molecular formula is C12H24N2O2. The molecule has 4 heteroatoms. The van der Waals surface area contributed by atoms with E-state index in [0.717, 1.165) is 25.7 Å². The molecule has 0 aromatic heterocycles. The molecule has 1 rings (SSSR count). The van der Waals surface area contributed by atoms with Crippen LogP contribution in [0, 0.1) is 5.92 Å². The average molecular weight is 228 g/mol. The molecule has 0 spiro atoms. The molecule has 1 amide bonds. The Bertz CT molecular complexity index is 221. The van der Waals surface area contributed by atoms with Crippen molar-refractivity contribution >= 4 is 5.91 Å². The minimum Gasteiger partial charge on any atom is -0.368 e. The van der Waals surface area contributed by atoms with Gasteiger partial charge in [-0.15, -0.1) is 0 Å². The number of unbranched alkanes of at least 4 members (excludes halogenated alkanes) is 1. The van der Waals surface area contributed by atoms with Crippen LogP contribution in [0.1, 0.15) is 39.5 Å². The first kappa shape index (κ1) is 13.5. The Morgan fingerprint density at radius 3 is 2.88 bits per heavy atom. The third-order valence-electron chi connectivity index (χ3n) is 3.18. The highest BCUT2D eigenvalue weighted by molar-refractivity contribution is 5.81. The van der Waals surface area contributed by atoms with Gasteiger partial charge >= 0.3 is 0 Å². The second-order valence-electron chi connectivity index (χ2n) is 4.64. The van der Waals surface area contributed by atoms with Crippen LogP contribution < -0.4 is 11.1 Å². The van der Waals surface area contributed by atoms with E-state index >= 15 is 0 Å². The van der Waals surface area contributed by atoms with Crippen molar-refractivity contribution in [1.29, 1.82) is 0 Å². The lowest BCUT2D eigenvalue weighted by Gasteiger charge is -2.20. The van der Waals surface area contributed by atoms with Crippen molar-refractivity contribution < 1.29 is 9.53 Å². The Morgan fingerprint density at radius 2 is 2.38 bits per heavy atom. The predicted molar refractivity (Wildman–Crippen MR) is 64.0 cm³/mol. The summed E-state index contributed by atoms with van der Waals surface area (Å²) in [4.78, 5) is 11.9. The van der Waals surface area contributed by atoms with E-state index in [-0.39, 0.29) is 18.1 Å². The van der Waals surface area contributed by atoms with Crippen LogP contribution in [0.4, 0.5) is 0 Å². The summed E-state index contributed by atoms with van der Waals surface area (Å²) in [5.74, 6) is 0.334. The smallest absolute Gasteiger partial charge is 0.249 e. The molecule has 1 saturated heterocycles. The van der Waals surface area contributed by atoms with Gasteiger partial charge in [0.05, 0.1) is 0 Å². The molecule has 0 aromatic rings. The summed E-state index contributed by atoms with van der Waals surface area (Å²) < 4.78 is 5.42. The zero-order valence-electron chi connectivity index (χ0n) is 10.4. The number of carbonyl (C=O) groups is 1. The van der Waals surface area contributed by atoms with Crippen LogP contribution in [-0.2, 0) is 9.53 Å². The summed E-state index contributed by atoms with van der Waals surface area (Å²) in [7, 11) is 0. The fraction of sp³-hybridized carbons (Fsp3) is 0.917. The van der Waals surface area contributed by atoms with E-state index in [4.69, 9.17) is 10.5 Å². The summed E-state index contributed by atoms with van der Waals surface area (Å²) in [5, 5.41) is 2.98. The topological polar surface area (TPSA) is 64.3 Å². The zero-order chi connectivity index (χ0) is 12.0. The van der Waals surface area contributed by atoms with Crippen molar-refractivity contribution in [3.8, 4) is 0 Å². The number of ether oxygens (including phenoxy) is 1. The molecule has 16 heavy (non-hydrogen) atoms. The van der Waals surface area contributed by atoms with Gasteiger partial charge < -0.3 is 15.8 Å². The Labute approximate surface area is 97.9 Å². The summed E-state index contributed by atoms with van der Waals surface area (Å²) in [5.41, 5.74) is 5.64. The minimum atomic E-state index is -0.268. The Hall–Kier alpha value is -0.610. The first-order valence-corrected chi connectivity index (χ1v) is 6.31. The first-order chi connectivity index (χ1) is 7.69. The molecule has 3 atom stereocenters. The molecule has 1 heterocycles. The van der Waals surface area contributed by atoms with Crippen LogP contribution in [0.2, 0.25) is 0 Å². The van der Waals surface area contributed by atoms with E-state index in [0.29, 0.717) is 19.1 Å². The maximum atomic E-state index is 11.9. The maximum Gasteiger partial charge on any atom is 0.249 e. The van der Waals surface area contributed by atoms with Gasteiger partial charge in [0.15, 0.2) is 0 Å². The van der Waals surface area contributed by atoms with E-state index in [9.17, 15) is 4.79 Å². The third-order valence-corrected chi connectivity index (χ3v) is 3.18. The molecular weight excluding hydrogens is 204 g/mol. The molecule has 3 N–H and O–H groups in total. The highest BCUT2D eigenvalue weighted by Gasteiger charge is 2.31. The highest BCUT2D eigenvalue weighted by atomic mass is 16.5. The second-order valence-corrected chi connectivity index (χ2v) is 4.64. The summed E-state index contributed by atoms with van der Waals surface area (Å²) in [6.07, 6.45) is 3.89. The van der Waals surface area contributed by atoms with E-state index in [1.807, 2.05) is 0 Å². The monoisotopic (exact) mass is 228 g/mol. The summed E-state index contributed by atoms with van der Waals surface area (Å²) in [6.45, 7) is 5.40. The average Bonchev–Trinajstić information content (AvgIpc) is 2.70. The van der Waals surface area contributed by atoms with Crippen LogP contribution in [0.25, 0.3) is 0 Å². The summed E-state index contributed by atoms with van der Waals surface area (Å²) in [6, 6.07) is 0.101. The van der Waals surface area contributed by atoms with Crippen LogP contribution in [-0.4, -0.2) is 31.2 Å². The lowest BCUT2D eigenvalue weighted by atomic mass is 10.0. The van der Waals surface area contributed by atoms with Crippen LogP contribution in [0.3, 0.4) is 0 Å². The largest absolute Gasteiger partial charge is 0.368 e. The van der Waals surface area contributed by atoms with Gasteiger partial charge in [-0.2, -0.15) is 0 Å². The van der Waals surface area contributed by atoms with Gasteiger partial charge in [-0.05, 0) is 18.8 Å². The number of hydrogen-bond acceptors (Lipinski definition) is 3. The molecule has 0 aromatic carbocycles. The van der Waals surface area contributed by atoms with Gasteiger partial charge in [0.1, 0.15) is 6.10 Å². The quantitative estimate of drug-likeness (QED) is 0.714. The second kappa shape index (κ2) is 6.86. The van der Waals surface area contributed by atoms with Gasteiger partial charge in [-0.25, -0.2) is 0 Å². The fourth-order valence-corrected chi connectivity index (χ4v) is 2.01. The van der Waals surface area contributed by atoms with Crippen molar-refractivity contribution in [3.63, 3.8) is 0 Å². The zero-order valence-corrected chi connectivity index (χ0v) is 10.4. The van der Waals surface area contributed by atoms with Crippen molar-refractivity contribution in [2.24, 2.45) is 11.7 Å². The Morgan fingerprint density at radius 1 is 1.62 bits per heavy atom. The van der Waals surface area contributed by atoms with E-state index in [1.165, 1.54) is 0 Å². The van der Waals surface area contributed by atoms with Crippen LogP contribution in [0.5, 0.6) is 0 Å². The number of nitrogens with one attached hydrogen (secondary N) is 1. The van der Waals surface area contributed by atoms with Crippen LogP contribution in [0.15, 0.2) is 0 Å². The van der Waals surface area contributed by atoms with E-state index < -0.39 is 0 Å². The molecule has 0 saturated carbocycles. The lowest BCUT2D eigenvalue weighted by molar-refractivity contribution is -0.132.